The summed E-state index contributed by atoms with van der Waals surface area (Å²) in [5.74, 6) is -0.770. The number of allylic oxidation sites excluding steroid dienone is 1. The molecule has 1 aromatic rings. The number of benzene rings is 1. The molecule has 0 saturated carbocycles. The van der Waals surface area contributed by atoms with Crippen LogP contribution in [0.25, 0.3) is 0 Å². The lowest BCUT2D eigenvalue weighted by Gasteiger charge is -2.18. The van der Waals surface area contributed by atoms with Gasteiger partial charge in [0.15, 0.2) is 0 Å². The van der Waals surface area contributed by atoms with Crippen LogP contribution in [-0.4, -0.2) is 25.6 Å². The summed E-state index contributed by atoms with van der Waals surface area (Å²) in [5.41, 5.74) is 1.13. The van der Waals surface area contributed by atoms with Gasteiger partial charge in [-0.15, -0.1) is 0 Å². The average molecular weight is 307 g/mol. The highest BCUT2D eigenvalue weighted by atomic mass is 19.1. The molecule has 0 radical (unpaired) electrons. The van der Waals surface area contributed by atoms with Crippen molar-refractivity contribution in [2.75, 3.05) is 19.0 Å². The fourth-order valence-electron chi connectivity index (χ4n) is 2.21. The zero-order chi connectivity index (χ0) is 16.1. The lowest BCUT2D eigenvalue weighted by molar-refractivity contribution is -0.139. The molecule has 1 N–H and O–H groups in total. The number of methoxy groups -OCH3 is 1. The van der Waals surface area contributed by atoms with Gasteiger partial charge in [0, 0.05) is 5.69 Å². The molecule has 2 rings (SSSR count). The molecular formula is C16H18FNO4. The monoisotopic (exact) mass is 307 g/mol. The molecule has 1 heterocycles. The fourth-order valence-corrected chi connectivity index (χ4v) is 2.21. The molecule has 0 unspecified atom stereocenters. The number of nitrogens with one attached hydrogen (secondary N) is 1. The molecule has 118 valence electrons. The van der Waals surface area contributed by atoms with Gasteiger partial charge in [-0.2, -0.15) is 0 Å². The maximum absolute atomic E-state index is 13.9. The Kier molecular flexibility index (Phi) is 5.14. The van der Waals surface area contributed by atoms with Crippen LogP contribution < -0.4 is 5.32 Å². The van der Waals surface area contributed by atoms with Crippen LogP contribution in [0.3, 0.4) is 0 Å². The Balaban J connectivity index is 2.09. The third kappa shape index (κ3) is 3.84. The van der Waals surface area contributed by atoms with Crippen LogP contribution in [0.2, 0.25) is 0 Å². The Hall–Kier alpha value is -2.37. The van der Waals surface area contributed by atoms with Gasteiger partial charge in [-0.3, -0.25) is 9.59 Å². The van der Waals surface area contributed by atoms with Gasteiger partial charge >= 0.3 is 5.97 Å². The number of rotatable bonds is 4. The Bertz CT molecular complexity index is 625. The topological polar surface area (TPSA) is 64.6 Å². The first-order valence-electron chi connectivity index (χ1n) is 7.00. The van der Waals surface area contributed by atoms with E-state index < -0.39 is 11.8 Å². The summed E-state index contributed by atoms with van der Waals surface area (Å²) in [4.78, 5) is 23.3. The minimum Gasteiger partial charge on any atom is -0.498 e. The quantitative estimate of drug-likeness (QED) is 0.868. The van der Waals surface area contributed by atoms with E-state index in [0.29, 0.717) is 30.0 Å². The van der Waals surface area contributed by atoms with E-state index in [1.807, 2.05) is 0 Å². The van der Waals surface area contributed by atoms with Gasteiger partial charge in [0.2, 0.25) is 0 Å². The maximum atomic E-state index is 13.9. The van der Waals surface area contributed by atoms with Crippen LogP contribution in [0.1, 0.15) is 25.3 Å². The van der Waals surface area contributed by atoms with Crippen molar-refractivity contribution in [1.29, 1.82) is 0 Å². The summed E-state index contributed by atoms with van der Waals surface area (Å²) in [6.45, 7) is 2.35. The molecular weight excluding hydrogens is 289 g/mol. The van der Waals surface area contributed by atoms with Crippen molar-refractivity contribution < 1.29 is 23.5 Å². The van der Waals surface area contributed by atoms with Gasteiger partial charge in [-0.05, 0) is 37.5 Å². The van der Waals surface area contributed by atoms with Crippen molar-refractivity contribution in [2.24, 2.45) is 0 Å². The van der Waals surface area contributed by atoms with Crippen molar-refractivity contribution in [3.63, 3.8) is 0 Å². The van der Waals surface area contributed by atoms with Crippen molar-refractivity contribution in [2.45, 2.75) is 26.2 Å². The fraction of sp³-hybridized carbons (Fsp3) is 0.375. The van der Waals surface area contributed by atoms with Gasteiger partial charge in [-0.1, -0.05) is 6.07 Å². The average Bonchev–Trinajstić information content (AvgIpc) is 2.50. The summed E-state index contributed by atoms with van der Waals surface area (Å²) in [6.07, 6.45) is 1.28. The summed E-state index contributed by atoms with van der Waals surface area (Å²) in [7, 11) is 1.25. The van der Waals surface area contributed by atoms with Crippen molar-refractivity contribution >= 4 is 17.6 Å². The smallest absolute Gasteiger partial charge is 0.310 e. The van der Waals surface area contributed by atoms with Crippen LogP contribution in [0, 0.1) is 5.82 Å². The highest BCUT2D eigenvalue weighted by molar-refractivity contribution is 6.04. The number of halogens is 1. The van der Waals surface area contributed by atoms with Gasteiger partial charge in [-0.25, -0.2) is 4.39 Å². The second-order valence-electron chi connectivity index (χ2n) is 5.00. The van der Waals surface area contributed by atoms with Crippen LogP contribution in [-0.2, 0) is 25.5 Å². The maximum Gasteiger partial charge on any atom is 0.310 e. The molecule has 0 spiro atoms. The lowest BCUT2D eigenvalue weighted by atomic mass is 10.1. The molecule has 0 aromatic heterocycles. The second-order valence-corrected chi connectivity index (χ2v) is 5.00. The van der Waals surface area contributed by atoms with Gasteiger partial charge in [0.25, 0.3) is 5.91 Å². The van der Waals surface area contributed by atoms with Crippen molar-refractivity contribution in [1.82, 2.24) is 0 Å². The lowest BCUT2D eigenvalue weighted by Crippen LogP contribution is -2.19. The first-order chi connectivity index (χ1) is 10.5. The number of hydrogen-bond acceptors (Lipinski definition) is 4. The van der Waals surface area contributed by atoms with Crippen molar-refractivity contribution in [3.05, 3.63) is 40.9 Å². The zero-order valence-electron chi connectivity index (χ0n) is 12.6. The Morgan fingerprint density at radius 2 is 2.18 bits per heavy atom. The third-order valence-electron chi connectivity index (χ3n) is 3.46. The molecule has 1 amide bonds. The number of ether oxygens (including phenoxy) is 2. The molecule has 6 heteroatoms. The van der Waals surface area contributed by atoms with E-state index >= 15 is 0 Å². The number of amides is 1. The van der Waals surface area contributed by atoms with Gasteiger partial charge in [0.1, 0.15) is 11.6 Å². The van der Waals surface area contributed by atoms with Gasteiger partial charge < -0.3 is 14.8 Å². The van der Waals surface area contributed by atoms with E-state index in [0.717, 1.165) is 6.42 Å². The Morgan fingerprint density at radius 3 is 2.82 bits per heavy atom. The summed E-state index contributed by atoms with van der Waals surface area (Å²) >= 11 is 0. The highest BCUT2D eigenvalue weighted by Gasteiger charge is 2.18. The molecule has 0 fully saturated rings. The zero-order valence-corrected chi connectivity index (χ0v) is 12.6. The summed E-state index contributed by atoms with van der Waals surface area (Å²) in [6, 6.07) is 4.20. The standard InChI is InChI=1S/C16H18FNO4/c1-10-13(4-3-7-22-10)16(20)18-12-6-5-11(14(17)9-12)8-15(19)21-2/h5-6,9H,3-4,7-8H2,1-2H3,(H,18,20). The SMILES string of the molecule is COC(=O)Cc1ccc(NC(=O)C2=C(C)OCCC2)cc1F. The number of carbonyl (C=O) groups is 2. The van der Waals surface area contributed by atoms with E-state index in [-0.39, 0.29) is 17.9 Å². The Morgan fingerprint density at radius 1 is 1.41 bits per heavy atom. The molecule has 22 heavy (non-hydrogen) atoms. The largest absolute Gasteiger partial charge is 0.498 e. The Labute approximate surface area is 128 Å². The minimum absolute atomic E-state index is 0.144. The van der Waals surface area contributed by atoms with Crippen LogP contribution in [0.5, 0.6) is 0 Å². The van der Waals surface area contributed by atoms with E-state index in [1.54, 1.807) is 13.0 Å². The van der Waals surface area contributed by atoms with Crippen LogP contribution in [0.15, 0.2) is 29.5 Å². The normalized spacial score (nSPS) is 14.3. The third-order valence-corrected chi connectivity index (χ3v) is 3.46. The van der Waals surface area contributed by atoms with Crippen LogP contribution >= 0.6 is 0 Å². The van der Waals surface area contributed by atoms with E-state index in [1.165, 1.54) is 19.2 Å². The molecule has 0 aliphatic carbocycles. The van der Waals surface area contributed by atoms with Crippen LogP contribution in [0.4, 0.5) is 10.1 Å². The second kappa shape index (κ2) is 7.06. The highest BCUT2D eigenvalue weighted by Crippen LogP contribution is 2.21. The number of esters is 1. The van der Waals surface area contributed by atoms with E-state index in [9.17, 15) is 14.0 Å². The first-order valence-corrected chi connectivity index (χ1v) is 7.00. The summed E-state index contributed by atoms with van der Waals surface area (Å²) in [5, 5.41) is 2.64. The van der Waals surface area contributed by atoms with E-state index in [2.05, 4.69) is 10.1 Å². The van der Waals surface area contributed by atoms with Gasteiger partial charge in [0.05, 0.1) is 25.7 Å². The van der Waals surface area contributed by atoms with E-state index in [4.69, 9.17) is 4.74 Å². The molecule has 0 atom stereocenters. The van der Waals surface area contributed by atoms with Crippen molar-refractivity contribution in [3.8, 4) is 0 Å². The molecule has 0 bridgehead atoms. The molecule has 1 aliphatic rings. The molecule has 5 nitrogen and oxygen atoms in total. The number of anilines is 1. The molecule has 1 aromatic carbocycles. The molecule has 0 saturated heterocycles. The predicted octanol–water partition coefficient (Wildman–Crippen LogP) is 2.56. The molecule has 1 aliphatic heterocycles. The summed E-state index contributed by atoms with van der Waals surface area (Å²) < 4.78 is 23.8. The number of hydrogen-bond donors (Lipinski definition) is 1. The first kappa shape index (κ1) is 16.0. The minimum atomic E-state index is -0.561. The predicted molar refractivity (Wildman–Crippen MR) is 78.6 cm³/mol. The number of carbonyl (C=O) groups excluding carboxylic acids is 2.